The number of rotatable bonds is 4. The maximum absolute atomic E-state index is 12.8. The lowest BCUT2D eigenvalue weighted by molar-refractivity contribution is -0.163. The fraction of sp³-hybridized carbons (Fsp3) is 0.462. The summed E-state index contributed by atoms with van der Waals surface area (Å²) in [7, 11) is 0. The lowest BCUT2D eigenvalue weighted by Crippen LogP contribution is -2.23. The molecule has 0 spiro atoms. The Kier molecular flexibility index (Phi) is 4.38. The number of carboxylic acids is 1. The summed E-state index contributed by atoms with van der Waals surface area (Å²) in [6.45, 7) is 3.88. The second kappa shape index (κ2) is 5.42. The van der Waals surface area contributed by atoms with E-state index in [9.17, 15) is 18.0 Å². The van der Waals surface area contributed by atoms with E-state index in [4.69, 9.17) is 5.11 Å². The summed E-state index contributed by atoms with van der Waals surface area (Å²) in [6, 6.07) is 5.94. The molecule has 0 bridgehead atoms. The molecule has 0 saturated carbocycles. The highest BCUT2D eigenvalue weighted by molar-refractivity contribution is 5.68. The molecule has 0 aliphatic rings. The van der Waals surface area contributed by atoms with Crippen molar-refractivity contribution in [3.8, 4) is 0 Å². The van der Waals surface area contributed by atoms with E-state index < -0.39 is 24.5 Å². The Bertz CT molecular complexity index is 407. The minimum atomic E-state index is -4.54. The van der Waals surface area contributed by atoms with Gasteiger partial charge in [-0.05, 0) is 17.0 Å². The molecule has 1 N–H and O–H groups in total. The highest BCUT2D eigenvalue weighted by Gasteiger charge is 2.41. The summed E-state index contributed by atoms with van der Waals surface area (Å²) in [4.78, 5) is 10.5. The zero-order valence-electron chi connectivity index (χ0n) is 10.2. The van der Waals surface area contributed by atoms with Crippen LogP contribution in [0.5, 0.6) is 0 Å². The molecule has 0 aliphatic heterocycles. The van der Waals surface area contributed by atoms with Gasteiger partial charge in [0.05, 0.1) is 12.3 Å². The molecule has 0 fully saturated rings. The highest BCUT2D eigenvalue weighted by Crippen LogP contribution is 2.37. The lowest BCUT2D eigenvalue weighted by Gasteiger charge is -2.19. The van der Waals surface area contributed by atoms with Crippen molar-refractivity contribution in [2.45, 2.75) is 38.3 Å². The van der Waals surface area contributed by atoms with Gasteiger partial charge in [0.1, 0.15) is 0 Å². The first kappa shape index (κ1) is 14.5. The molecule has 0 aromatic heterocycles. The summed E-state index contributed by atoms with van der Waals surface area (Å²) in [5.41, 5.74) is 0.921. The lowest BCUT2D eigenvalue weighted by atomic mass is 9.92. The molecule has 0 amide bonds. The van der Waals surface area contributed by atoms with Crippen LogP contribution in [0.4, 0.5) is 13.2 Å². The second-order valence-electron chi connectivity index (χ2n) is 4.51. The average molecular weight is 260 g/mol. The molecule has 2 nitrogen and oxygen atoms in total. The van der Waals surface area contributed by atoms with E-state index in [0.717, 1.165) is 5.56 Å². The molecule has 1 atom stereocenters. The van der Waals surface area contributed by atoms with Gasteiger partial charge < -0.3 is 5.11 Å². The minimum absolute atomic E-state index is 0.00528. The smallest absolute Gasteiger partial charge is 0.396 e. The van der Waals surface area contributed by atoms with Crippen LogP contribution in [0.25, 0.3) is 0 Å². The molecule has 1 aromatic rings. The summed E-state index contributed by atoms with van der Waals surface area (Å²) in [6.07, 6.45) is -5.48. The largest absolute Gasteiger partial charge is 0.481 e. The predicted octanol–water partition coefficient (Wildman–Crippen LogP) is 3.93. The van der Waals surface area contributed by atoms with Crippen LogP contribution in [0.3, 0.4) is 0 Å². The van der Waals surface area contributed by atoms with Crippen LogP contribution in [0.1, 0.15) is 43.2 Å². The van der Waals surface area contributed by atoms with Gasteiger partial charge in [-0.2, -0.15) is 13.2 Å². The molecule has 1 rings (SSSR count). The van der Waals surface area contributed by atoms with E-state index in [1.165, 1.54) is 12.1 Å². The molecule has 100 valence electrons. The Balaban J connectivity index is 3.02. The first-order valence-electron chi connectivity index (χ1n) is 5.60. The van der Waals surface area contributed by atoms with Gasteiger partial charge in [0, 0.05) is 0 Å². The molecular weight excluding hydrogens is 245 g/mol. The quantitative estimate of drug-likeness (QED) is 0.890. The zero-order valence-corrected chi connectivity index (χ0v) is 10.2. The summed E-state index contributed by atoms with van der Waals surface area (Å²) in [5.74, 6) is -3.18. The standard InChI is InChI=1S/C13H15F3O2/c1-8(2)9-3-5-10(6-4-9)11(7-12(17)18)13(14,15)16/h3-6,8,11H,7H2,1-2H3,(H,17,18). The van der Waals surface area contributed by atoms with Crippen molar-refractivity contribution in [1.29, 1.82) is 0 Å². The molecule has 0 saturated heterocycles. The van der Waals surface area contributed by atoms with Crippen LogP contribution in [-0.4, -0.2) is 17.3 Å². The molecule has 1 aromatic carbocycles. The van der Waals surface area contributed by atoms with E-state index >= 15 is 0 Å². The van der Waals surface area contributed by atoms with Gasteiger partial charge in [-0.25, -0.2) is 0 Å². The van der Waals surface area contributed by atoms with Crippen molar-refractivity contribution in [3.63, 3.8) is 0 Å². The SMILES string of the molecule is CC(C)c1ccc(C(CC(=O)O)C(F)(F)F)cc1. The van der Waals surface area contributed by atoms with Gasteiger partial charge >= 0.3 is 12.1 Å². The van der Waals surface area contributed by atoms with E-state index in [1.54, 1.807) is 12.1 Å². The minimum Gasteiger partial charge on any atom is -0.481 e. The number of carbonyl (C=O) groups is 1. The van der Waals surface area contributed by atoms with Crippen molar-refractivity contribution in [1.82, 2.24) is 0 Å². The van der Waals surface area contributed by atoms with Crippen LogP contribution in [0, 0.1) is 0 Å². The number of hydrogen-bond acceptors (Lipinski definition) is 1. The summed E-state index contributed by atoms with van der Waals surface area (Å²) < 4.78 is 38.3. The number of alkyl halides is 3. The van der Waals surface area contributed by atoms with Crippen molar-refractivity contribution in [2.24, 2.45) is 0 Å². The van der Waals surface area contributed by atoms with Crippen molar-refractivity contribution in [3.05, 3.63) is 35.4 Å². The Morgan fingerprint density at radius 2 is 1.61 bits per heavy atom. The van der Waals surface area contributed by atoms with Crippen molar-refractivity contribution >= 4 is 5.97 Å². The van der Waals surface area contributed by atoms with E-state index in [-0.39, 0.29) is 11.5 Å². The van der Waals surface area contributed by atoms with Gasteiger partial charge in [-0.15, -0.1) is 0 Å². The van der Waals surface area contributed by atoms with Gasteiger partial charge in [-0.3, -0.25) is 4.79 Å². The molecule has 1 unspecified atom stereocenters. The maximum atomic E-state index is 12.8. The Hall–Kier alpha value is -1.52. The summed E-state index contributed by atoms with van der Waals surface area (Å²) >= 11 is 0. The van der Waals surface area contributed by atoms with Gasteiger partial charge in [-0.1, -0.05) is 38.1 Å². The highest BCUT2D eigenvalue weighted by atomic mass is 19.4. The Labute approximate surface area is 103 Å². The van der Waals surface area contributed by atoms with Crippen molar-refractivity contribution in [2.75, 3.05) is 0 Å². The van der Waals surface area contributed by atoms with Gasteiger partial charge in [0.25, 0.3) is 0 Å². The van der Waals surface area contributed by atoms with Crippen molar-refractivity contribution < 1.29 is 23.1 Å². The van der Waals surface area contributed by atoms with Crippen LogP contribution in [0.2, 0.25) is 0 Å². The van der Waals surface area contributed by atoms with Gasteiger partial charge in [0.15, 0.2) is 0 Å². The molecule has 18 heavy (non-hydrogen) atoms. The summed E-state index contributed by atoms with van der Waals surface area (Å²) in [5, 5.41) is 8.55. The Morgan fingerprint density at radius 3 is 1.94 bits per heavy atom. The number of carboxylic acid groups (broad SMARTS) is 1. The van der Waals surface area contributed by atoms with Crippen LogP contribution < -0.4 is 0 Å². The number of benzene rings is 1. The molecule has 0 aliphatic carbocycles. The third kappa shape index (κ3) is 3.75. The predicted molar refractivity (Wildman–Crippen MR) is 61.6 cm³/mol. The van der Waals surface area contributed by atoms with E-state index in [0.29, 0.717) is 0 Å². The van der Waals surface area contributed by atoms with Gasteiger partial charge in [0.2, 0.25) is 0 Å². The fourth-order valence-corrected chi connectivity index (χ4v) is 1.71. The van der Waals surface area contributed by atoms with Crippen LogP contribution in [0.15, 0.2) is 24.3 Å². The third-order valence-electron chi connectivity index (χ3n) is 2.78. The molecular formula is C13H15F3O2. The van der Waals surface area contributed by atoms with Crippen LogP contribution >= 0.6 is 0 Å². The molecule has 0 heterocycles. The Morgan fingerprint density at radius 1 is 1.17 bits per heavy atom. The topological polar surface area (TPSA) is 37.3 Å². The monoisotopic (exact) mass is 260 g/mol. The van der Waals surface area contributed by atoms with E-state index in [1.807, 2.05) is 13.8 Å². The number of halogens is 3. The third-order valence-corrected chi connectivity index (χ3v) is 2.78. The van der Waals surface area contributed by atoms with E-state index in [2.05, 4.69) is 0 Å². The fourth-order valence-electron chi connectivity index (χ4n) is 1.71. The number of hydrogen-bond donors (Lipinski definition) is 1. The molecule has 5 heteroatoms. The molecule has 0 radical (unpaired) electrons. The van der Waals surface area contributed by atoms with Crippen LogP contribution in [-0.2, 0) is 4.79 Å². The first-order valence-corrected chi connectivity index (χ1v) is 5.60. The average Bonchev–Trinajstić information content (AvgIpc) is 2.24. The normalized spacial score (nSPS) is 13.7. The second-order valence-corrected chi connectivity index (χ2v) is 4.51. The maximum Gasteiger partial charge on any atom is 0.396 e. The first-order chi connectivity index (χ1) is 8.21. The number of aliphatic carboxylic acids is 1. The zero-order chi connectivity index (χ0) is 13.9.